The predicted molar refractivity (Wildman–Crippen MR) is 90.5 cm³/mol. The summed E-state index contributed by atoms with van der Waals surface area (Å²) in [5.41, 5.74) is 3.80. The zero-order valence-corrected chi connectivity index (χ0v) is 13.4. The van der Waals surface area contributed by atoms with Gasteiger partial charge in [0.25, 0.3) is 0 Å². The Labute approximate surface area is 143 Å². The van der Waals surface area contributed by atoms with Crippen molar-refractivity contribution in [3.63, 3.8) is 0 Å². The number of alkyl halides is 1. The fraction of sp³-hybridized carbons (Fsp3) is 0.0526. The van der Waals surface area contributed by atoms with E-state index in [9.17, 15) is 9.59 Å². The van der Waals surface area contributed by atoms with Crippen molar-refractivity contribution in [1.82, 2.24) is 0 Å². The molecule has 0 bridgehead atoms. The molecule has 0 saturated carbocycles. The van der Waals surface area contributed by atoms with Gasteiger partial charge in [0.05, 0.1) is 5.03 Å². The monoisotopic (exact) mass is 340 g/mol. The first-order valence-corrected chi connectivity index (χ1v) is 7.85. The quantitative estimate of drug-likeness (QED) is 0.571. The summed E-state index contributed by atoms with van der Waals surface area (Å²) in [5.74, 6) is -0.737. The van der Waals surface area contributed by atoms with E-state index in [1.54, 1.807) is 0 Å². The van der Waals surface area contributed by atoms with Crippen LogP contribution in [0.1, 0.15) is 11.1 Å². The Balaban J connectivity index is 2.03. The molecule has 0 aromatic heterocycles. The van der Waals surface area contributed by atoms with E-state index in [0.717, 1.165) is 28.3 Å². The van der Waals surface area contributed by atoms with E-state index in [4.69, 9.17) is 23.2 Å². The summed E-state index contributed by atoms with van der Waals surface area (Å²) in [4.78, 5) is 23.3. The molecule has 2 aliphatic rings. The van der Waals surface area contributed by atoms with Crippen LogP contribution in [0.5, 0.6) is 0 Å². The number of rotatable bonds is 1. The molecule has 2 aliphatic carbocycles. The van der Waals surface area contributed by atoms with Crippen LogP contribution in [0.4, 0.5) is 0 Å². The second kappa shape index (κ2) is 4.92. The average molecular weight is 341 g/mol. The van der Waals surface area contributed by atoms with Crippen molar-refractivity contribution in [2.75, 3.05) is 0 Å². The van der Waals surface area contributed by atoms with Crippen LogP contribution in [0.3, 0.4) is 0 Å². The van der Waals surface area contributed by atoms with Crippen LogP contribution in [-0.4, -0.2) is 11.6 Å². The summed E-state index contributed by atoms with van der Waals surface area (Å²) in [6.07, 6.45) is 2.41. The van der Waals surface area contributed by atoms with Crippen LogP contribution in [0.2, 0.25) is 0 Å². The molecule has 0 amide bonds. The lowest BCUT2D eigenvalue weighted by molar-refractivity contribution is -0.115. The second-order valence-electron chi connectivity index (χ2n) is 5.53. The van der Waals surface area contributed by atoms with Gasteiger partial charge in [-0.1, -0.05) is 60.1 Å². The van der Waals surface area contributed by atoms with E-state index in [-0.39, 0.29) is 16.4 Å². The summed E-state index contributed by atoms with van der Waals surface area (Å²) >= 11 is 12.8. The van der Waals surface area contributed by atoms with Gasteiger partial charge in [0.15, 0.2) is 11.6 Å². The fourth-order valence-corrected chi connectivity index (χ4v) is 3.91. The number of hydrogen-bond donors (Lipinski definition) is 0. The van der Waals surface area contributed by atoms with Crippen LogP contribution < -0.4 is 0 Å². The van der Waals surface area contributed by atoms with Crippen molar-refractivity contribution < 1.29 is 9.59 Å². The third kappa shape index (κ3) is 1.89. The van der Waals surface area contributed by atoms with Gasteiger partial charge in [-0.05, 0) is 28.3 Å². The third-order valence-corrected chi connectivity index (χ3v) is 5.20. The van der Waals surface area contributed by atoms with Gasteiger partial charge in [-0.2, -0.15) is 0 Å². The minimum atomic E-state index is -1.17. The Morgan fingerprint density at radius 2 is 1.26 bits per heavy atom. The van der Waals surface area contributed by atoms with Crippen molar-refractivity contribution in [3.8, 4) is 11.1 Å². The Morgan fingerprint density at radius 3 is 1.83 bits per heavy atom. The molecule has 0 N–H and O–H groups in total. The van der Waals surface area contributed by atoms with E-state index in [1.165, 1.54) is 6.08 Å². The predicted octanol–water partition coefficient (Wildman–Crippen LogP) is 4.35. The van der Waals surface area contributed by atoms with E-state index in [1.807, 2.05) is 48.5 Å². The molecule has 0 saturated heterocycles. The van der Waals surface area contributed by atoms with Gasteiger partial charge in [0.1, 0.15) is 4.87 Å². The fourth-order valence-electron chi connectivity index (χ4n) is 3.28. The summed E-state index contributed by atoms with van der Waals surface area (Å²) in [7, 11) is 0. The first-order valence-electron chi connectivity index (χ1n) is 7.10. The number of hydrogen-bond acceptors (Lipinski definition) is 2. The highest BCUT2D eigenvalue weighted by molar-refractivity contribution is 6.48. The minimum absolute atomic E-state index is 0.0846. The van der Waals surface area contributed by atoms with Crippen molar-refractivity contribution in [3.05, 3.63) is 82.4 Å². The zero-order valence-electron chi connectivity index (χ0n) is 11.8. The molecule has 4 rings (SSSR count). The van der Waals surface area contributed by atoms with Gasteiger partial charge in [0.2, 0.25) is 0 Å². The highest BCUT2D eigenvalue weighted by atomic mass is 35.5. The maximum atomic E-state index is 12.5. The lowest BCUT2D eigenvalue weighted by atomic mass is 9.83. The number of allylic oxidation sites excluding steroid dienone is 4. The average Bonchev–Trinajstić information content (AvgIpc) is 2.82. The van der Waals surface area contributed by atoms with Crippen molar-refractivity contribution >= 4 is 34.8 Å². The van der Waals surface area contributed by atoms with Gasteiger partial charge in [-0.15, -0.1) is 11.6 Å². The SMILES string of the molecule is O=C1C=C(C2(Cl)c3ccccc3-c3ccccc32)C(=O)C=C1Cl. The van der Waals surface area contributed by atoms with E-state index < -0.39 is 10.7 Å². The number of halogens is 2. The third-order valence-electron chi connectivity index (χ3n) is 4.29. The lowest BCUT2D eigenvalue weighted by Crippen LogP contribution is -2.28. The summed E-state index contributed by atoms with van der Waals surface area (Å²) in [5, 5.41) is -0.0846. The first-order chi connectivity index (χ1) is 11.0. The molecule has 0 fully saturated rings. The molecule has 0 unspecified atom stereocenters. The molecule has 0 radical (unpaired) electrons. The first kappa shape index (κ1) is 14.4. The van der Waals surface area contributed by atoms with Crippen LogP contribution in [0, 0.1) is 0 Å². The Kier molecular flexibility index (Phi) is 3.09. The van der Waals surface area contributed by atoms with Gasteiger partial charge < -0.3 is 0 Å². The molecule has 23 heavy (non-hydrogen) atoms. The smallest absolute Gasteiger partial charge is 0.197 e. The Morgan fingerprint density at radius 1 is 0.739 bits per heavy atom. The molecular formula is C19H10Cl2O2. The van der Waals surface area contributed by atoms with E-state index in [0.29, 0.717) is 0 Å². The number of fused-ring (bicyclic) bond motifs is 3. The minimum Gasteiger partial charge on any atom is -0.289 e. The van der Waals surface area contributed by atoms with Crippen LogP contribution in [0.15, 0.2) is 71.3 Å². The Hall–Kier alpha value is -2.16. The number of benzene rings is 2. The largest absolute Gasteiger partial charge is 0.289 e. The van der Waals surface area contributed by atoms with Crippen molar-refractivity contribution in [1.29, 1.82) is 0 Å². The standard InChI is InChI=1S/C19H10Cl2O2/c20-16-10-17(22)15(9-18(16)23)19(21)13-7-3-1-5-11(13)12-6-2-4-8-14(12)19/h1-10H. The normalized spacial score (nSPS) is 18.2. The molecule has 0 aliphatic heterocycles. The molecule has 2 aromatic rings. The zero-order chi connectivity index (χ0) is 16.2. The van der Waals surface area contributed by atoms with Crippen LogP contribution in [-0.2, 0) is 14.5 Å². The van der Waals surface area contributed by atoms with Crippen molar-refractivity contribution in [2.45, 2.75) is 4.87 Å². The molecule has 0 spiro atoms. The summed E-state index contributed by atoms with van der Waals surface area (Å²) < 4.78 is 0. The maximum Gasteiger partial charge on any atom is 0.197 e. The number of carbonyl (C=O) groups excluding carboxylic acids is 2. The van der Waals surface area contributed by atoms with Gasteiger partial charge in [-0.3, -0.25) is 9.59 Å². The molecule has 0 heterocycles. The molecular weight excluding hydrogens is 331 g/mol. The topological polar surface area (TPSA) is 34.1 Å². The van der Waals surface area contributed by atoms with Crippen LogP contribution in [0.25, 0.3) is 11.1 Å². The summed E-state index contributed by atoms with van der Waals surface area (Å²) in [6, 6.07) is 15.3. The van der Waals surface area contributed by atoms with Gasteiger partial charge >= 0.3 is 0 Å². The molecule has 0 atom stereocenters. The molecule has 2 nitrogen and oxygen atoms in total. The van der Waals surface area contributed by atoms with Crippen LogP contribution >= 0.6 is 23.2 Å². The van der Waals surface area contributed by atoms with Crippen molar-refractivity contribution in [2.24, 2.45) is 0 Å². The molecule has 112 valence electrons. The van der Waals surface area contributed by atoms with Gasteiger partial charge in [0, 0.05) is 11.6 Å². The molecule has 2 aromatic carbocycles. The number of ketones is 2. The number of carbonyl (C=O) groups is 2. The maximum absolute atomic E-state index is 12.5. The summed E-state index contributed by atoms with van der Waals surface area (Å²) in [6.45, 7) is 0. The van der Waals surface area contributed by atoms with E-state index in [2.05, 4.69) is 0 Å². The lowest BCUT2D eigenvalue weighted by Gasteiger charge is -2.27. The highest BCUT2D eigenvalue weighted by Crippen LogP contribution is 2.55. The highest BCUT2D eigenvalue weighted by Gasteiger charge is 2.47. The van der Waals surface area contributed by atoms with Gasteiger partial charge in [-0.25, -0.2) is 0 Å². The second-order valence-corrected chi connectivity index (χ2v) is 6.50. The Bertz CT molecular complexity index is 892. The molecule has 4 heteroatoms. The van der Waals surface area contributed by atoms with E-state index >= 15 is 0 Å².